The van der Waals surface area contributed by atoms with Gasteiger partial charge in [0.05, 0.1) is 11.4 Å². The fourth-order valence-electron chi connectivity index (χ4n) is 2.85. The van der Waals surface area contributed by atoms with E-state index in [1.807, 2.05) is 42.5 Å². The Morgan fingerprint density at radius 1 is 1.00 bits per heavy atom. The van der Waals surface area contributed by atoms with Gasteiger partial charge in [-0.05, 0) is 46.1 Å². The Balaban J connectivity index is 1.45. The van der Waals surface area contributed by atoms with Crippen LogP contribution in [0.15, 0.2) is 71.9 Å². The zero-order valence-corrected chi connectivity index (χ0v) is 16.0. The molecule has 0 spiro atoms. The Kier molecular flexibility index (Phi) is 5.21. The number of anilines is 1. The highest BCUT2D eigenvalue weighted by molar-refractivity contribution is 7.99. The monoisotopic (exact) mass is 404 g/mol. The second-order valence-corrected chi connectivity index (χ2v) is 7.09. The number of rotatable bonds is 6. The molecule has 2 amide bonds. The number of nitrogens with zero attached hydrogens (tertiary/aromatic N) is 4. The van der Waals surface area contributed by atoms with Crippen LogP contribution in [-0.2, 0) is 4.79 Å². The molecule has 144 valence electrons. The molecule has 4 rings (SSSR count). The lowest BCUT2D eigenvalue weighted by Crippen LogP contribution is -2.15. The largest absolute Gasteiger partial charge is 0.366 e. The van der Waals surface area contributed by atoms with Crippen molar-refractivity contribution in [1.29, 1.82) is 0 Å². The molecule has 29 heavy (non-hydrogen) atoms. The van der Waals surface area contributed by atoms with Gasteiger partial charge in [-0.15, -0.1) is 5.10 Å². The van der Waals surface area contributed by atoms with Gasteiger partial charge in [0.15, 0.2) is 0 Å². The molecule has 0 unspecified atom stereocenters. The van der Waals surface area contributed by atoms with E-state index in [4.69, 9.17) is 5.73 Å². The smallest absolute Gasteiger partial charge is 0.248 e. The molecule has 4 aromatic rings. The molecule has 3 N–H and O–H groups in total. The highest BCUT2D eigenvalue weighted by Crippen LogP contribution is 2.24. The van der Waals surface area contributed by atoms with Crippen LogP contribution in [0, 0.1) is 0 Å². The number of amides is 2. The number of hydrogen-bond donors (Lipinski definition) is 2. The molecule has 0 bridgehead atoms. The maximum atomic E-state index is 12.5. The molecule has 9 heteroatoms. The lowest BCUT2D eigenvalue weighted by atomic mass is 10.1. The molecule has 1 heterocycles. The van der Waals surface area contributed by atoms with E-state index in [1.165, 1.54) is 16.4 Å². The van der Waals surface area contributed by atoms with Crippen molar-refractivity contribution in [2.24, 2.45) is 5.73 Å². The fourth-order valence-corrected chi connectivity index (χ4v) is 3.54. The van der Waals surface area contributed by atoms with Crippen LogP contribution in [0.25, 0.3) is 16.5 Å². The lowest BCUT2D eigenvalue weighted by molar-refractivity contribution is -0.113. The van der Waals surface area contributed by atoms with Gasteiger partial charge in [0.25, 0.3) is 0 Å². The van der Waals surface area contributed by atoms with Crippen LogP contribution < -0.4 is 11.1 Å². The Morgan fingerprint density at radius 2 is 1.76 bits per heavy atom. The number of tetrazole rings is 1. The summed E-state index contributed by atoms with van der Waals surface area (Å²) in [7, 11) is 0. The molecule has 0 aliphatic rings. The number of nitrogens with two attached hydrogens (primary N) is 1. The van der Waals surface area contributed by atoms with Crippen molar-refractivity contribution >= 4 is 40.0 Å². The minimum atomic E-state index is -0.507. The van der Waals surface area contributed by atoms with Crippen LogP contribution in [0.1, 0.15) is 10.4 Å². The van der Waals surface area contributed by atoms with Gasteiger partial charge in [-0.2, -0.15) is 4.68 Å². The number of thioether (sulfide) groups is 1. The van der Waals surface area contributed by atoms with E-state index in [0.29, 0.717) is 16.4 Å². The van der Waals surface area contributed by atoms with Crippen molar-refractivity contribution in [3.05, 3.63) is 72.3 Å². The Morgan fingerprint density at radius 3 is 2.55 bits per heavy atom. The zero-order valence-electron chi connectivity index (χ0n) is 15.1. The Bertz CT molecular complexity index is 1180. The van der Waals surface area contributed by atoms with Gasteiger partial charge in [0.2, 0.25) is 17.0 Å². The molecule has 0 atom stereocenters. The van der Waals surface area contributed by atoms with Gasteiger partial charge in [0, 0.05) is 16.6 Å². The summed E-state index contributed by atoms with van der Waals surface area (Å²) in [6.45, 7) is 0. The summed E-state index contributed by atoms with van der Waals surface area (Å²) in [6.07, 6.45) is 0. The number of primary amides is 1. The van der Waals surface area contributed by atoms with Crippen LogP contribution in [0.4, 0.5) is 5.69 Å². The van der Waals surface area contributed by atoms with E-state index in [0.717, 1.165) is 16.5 Å². The molecule has 1 aromatic heterocycles. The Hall–Kier alpha value is -3.72. The van der Waals surface area contributed by atoms with Crippen molar-refractivity contribution in [3.8, 4) is 5.69 Å². The van der Waals surface area contributed by atoms with Gasteiger partial charge in [0.1, 0.15) is 0 Å². The van der Waals surface area contributed by atoms with Crippen LogP contribution in [0.3, 0.4) is 0 Å². The molecular formula is C20H16N6O2S. The van der Waals surface area contributed by atoms with Gasteiger partial charge < -0.3 is 11.1 Å². The van der Waals surface area contributed by atoms with Crippen molar-refractivity contribution in [3.63, 3.8) is 0 Å². The normalized spacial score (nSPS) is 10.8. The number of carbonyl (C=O) groups is 2. The molecule has 0 saturated carbocycles. The number of benzene rings is 3. The third-order valence-corrected chi connectivity index (χ3v) is 5.15. The zero-order chi connectivity index (χ0) is 20.2. The van der Waals surface area contributed by atoms with Crippen molar-refractivity contribution in [2.45, 2.75) is 5.16 Å². The van der Waals surface area contributed by atoms with E-state index in [2.05, 4.69) is 20.8 Å². The van der Waals surface area contributed by atoms with Crippen molar-refractivity contribution in [1.82, 2.24) is 20.2 Å². The number of hydrogen-bond acceptors (Lipinski definition) is 6. The first-order chi connectivity index (χ1) is 14.1. The molecule has 0 saturated heterocycles. The number of nitrogens with one attached hydrogen (secondary N) is 1. The lowest BCUT2D eigenvalue weighted by Gasteiger charge is -2.09. The second kappa shape index (κ2) is 8.11. The minimum Gasteiger partial charge on any atom is -0.366 e. The molecule has 0 fully saturated rings. The number of aromatic nitrogens is 4. The summed E-state index contributed by atoms with van der Waals surface area (Å²) < 4.78 is 1.50. The third kappa shape index (κ3) is 4.09. The van der Waals surface area contributed by atoms with Gasteiger partial charge in [-0.1, -0.05) is 48.2 Å². The second-order valence-electron chi connectivity index (χ2n) is 6.15. The quantitative estimate of drug-likeness (QED) is 0.477. The van der Waals surface area contributed by atoms with Gasteiger partial charge >= 0.3 is 0 Å². The maximum Gasteiger partial charge on any atom is 0.248 e. The van der Waals surface area contributed by atoms with E-state index >= 15 is 0 Å². The summed E-state index contributed by atoms with van der Waals surface area (Å²) in [5.74, 6) is -0.527. The summed E-state index contributed by atoms with van der Waals surface area (Å²) in [4.78, 5) is 23.7. The molecule has 8 nitrogen and oxygen atoms in total. The summed E-state index contributed by atoms with van der Waals surface area (Å²) in [5, 5.41) is 17.0. The SMILES string of the molecule is NC(=O)c1ccc(-n2nnnc2SCC(=O)Nc2cccc3ccccc23)cc1. The molecule has 0 aliphatic carbocycles. The first-order valence-corrected chi connectivity index (χ1v) is 9.69. The number of fused-ring (bicyclic) bond motifs is 1. The van der Waals surface area contributed by atoms with Crippen LogP contribution in [0.5, 0.6) is 0 Å². The topological polar surface area (TPSA) is 116 Å². The van der Waals surface area contributed by atoms with Crippen LogP contribution in [0.2, 0.25) is 0 Å². The summed E-state index contributed by atoms with van der Waals surface area (Å²) in [5.41, 5.74) is 7.07. The fraction of sp³-hybridized carbons (Fsp3) is 0.0500. The van der Waals surface area contributed by atoms with Gasteiger partial charge in [-0.25, -0.2) is 0 Å². The first-order valence-electron chi connectivity index (χ1n) is 8.71. The van der Waals surface area contributed by atoms with Crippen molar-refractivity contribution < 1.29 is 9.59 Å². The van der Waals surface area contributed by atoms with E-state index < -0.39 is 5.91 Å². The molecule has 3 aromatic carbocycles. The Labute approximate surface area is 170 Å². The van der Waals surface area contributed by atoms with Crippen LogP contribution in [-0.4, -0.2) is 37.8 Å². The standard InChI is InChI=1S/C20H16N6O2S/c21-19(28)14-8-10-15(11-9-14)26-20(23-24-25-26)29-12-18(27)22-17-7-3-5-13-4-1-2-6-16(13)17/h1-11H,12H2,(H2,21,28)(H,22,27). The van der Waals surface area contributed by atoms with Crippen molar-refractivity contribution in [2.75, 3.05) is 11.1 Å². The average molecular weight is 404 g/mol. The van der Waals surface area contributed by atoms with Crippen LogP contribution >= 0.6 is 11.8 Å². The van der Waals surface area contributed by atoms with E-state index in [1.54, 1.807) is 24.3 Å². The highest BCUT2D eigenvalue weighted by Gasteiger charge is 2.13. The average Bonchev–Trinajstić information content (AvgIpc) is 3.21. The van der Waals surface area contributed by atoms with Gasteiger partial charge in [-0.3, -0.25) is 9.59 Å². The van der Waals surface area contributed by atoms with E-state index in [9.17, 15) is 9.59 Å². The molecule has 0 aliphatic heterocycles. The summed E-state index contributed by atoms with van der Waals surface area (Å²) in [6, 6.07) is 20.2. The molecular weight excluding hydrogens is 388 g/mol. The summed E-state index contributed by atoms with van der Waals surface area (Å²) >= 11 is 1.21. The molecule has 0 radical (unpaired) electrons. The third-order valence-electron chi connectivity index (χ3n) is 4.23. The number of carbonyl (C=O) groups excluding carboxylic acids is 2. The first kappa shape index (κ1) is 18.6. The minimum absolute atomic E-state index is 0.142. The predicted molar refractivity (Wildman–Crippen MR) is 111 cm³/mol. The maximum absolute atomic E-state index is 12.5. The highest BCUT2D eigenvalue weighted by atomic mass is 32.2. The predicted octanol–water partition coefficient (Wildman–Crippen LogP) is 2.65. The van der Waals surface area contributed by atoms with E-state index in [-0.39, 0.29) is 11.7 Å².